The van der Waals surface area contributed by atoms with Crippen molar-refractivity contribution in [3.63, 3.8) is 0 Å². The minimum Gasteiger partial charge on any atom is -0.457 e. The van der Waals surface area contributed by atoms with Crippen LogP contribution in [-0.2, 0) is 11.3 Å². The molecule has 2 amide bonds. The molecular formula is C22H13Cl2NO4. The molecular weight excluding hydrogens is 413 g/mol. The fourth-order valence-corrected chi connectivity index (χ4v) is 3.37. The van der Waals surface area contributed by atoms with Crippen LogP contribution in [0.5, 0.6) is 0 Å². The van der Waals surface area contributed by atoms with Gasteiger partial charge in [0.2, 0.25) is 0 Å². The molecule has 0 fully saturated rings. The highest BCUT2D eigenvalue weighted by atomic mass is 35.5. The van der Waals surface area contributed by atoms with Crippen molar-refractivity contribution < 1.29 is 19.1 Å². The van der Waals surface area contributed by atoms with Crippen LogP contribution in [0.15, 0.2) is 66.7 Å². The quantitative estimate of drug-likeness (QED) is 0.428. The molecule has 0 bridgehead atoms. The van der Waals surface area contributed by atoms with E-state index < -0.39 is 17.8 Å². The number of fused-ring (bicyclic) bond motifs is 1. The second kappa shape index (κ2) is 7.70. The summed E-state index contributed by atoms with van der Waals surface area (Å²) in [6.45, 7) is 0.119. The summed E-state index contributed by atoms with van der Waals surface area (Å²) in [5.41, 5.74) is 1.68. The van der Waals surface area contributed by atoms with E-state index in [1.165, 1.54) is 18.2 Å². The van der Waals surface area contributed by atoms with Crippen LogP contribution in [0.25, 0.3) is 0 Å². The van der Waals surface area contributed by atoms with Gasteiger partial charge >= 0.3 is 5.97 Å². The van der Waals surface area contributed by atoms with E-state index in [1.807, 2.05) is 30.3 Å². The van der Waals surface area contributed by atoms with Gasteiger partial charge in [-0.1, -0.05) is 59.6 Å². The molecule has 0 saturated heterocycles. The first kappa shape index (κ1) is 19.2. The number of carbonyl (C=O) groups is 3. The molecule has 1 heterocycles. The summed E-state index contributed by atoms with van der Waals surface area (Å²) < 4.78 is 5.32. The summed E-state index contributed by atoms with van der Waals surface area (Å²) in [7, 11) is 0. The number of amides is 2. The fourth-order valence-electron chi connectivity index (χ4n) is 3.05. The third-order valence-corrected chi connectivity index (χ3v) is 5.20. The largest absolute Gasteiger partial charge is 0.457 e. The van der Waals surface area contributed by atoms with Crippen molar-refractivity contribution in [2.24, 2.45) is 0 Å². The number of hydrogen-bond donors (Lipinski definition) is 0. The summed E-state index contributed by atoms with van der Waals surface area (Å²) in [6, 6.07) is 18.2. The van der Waals surface area contributed by atoms with Gasteiger partial charge < -0.3 is 4.74 Å². The zero-order chi connectivity index (χ0) is 20.5. The zero-order valence-corrected chi connectivity index (χ0v) is 16.4. The Labute approximate surface area is 176 Å². The van der Waals surface area contributed by atoms with E-state index in [9.17, 15) is 14.4 Å². The van der Waals surface area contributed by atoms with E-state index in [2.05, 4.69) is 0 Å². The Bertz CT molecular complexity index is 1100. The van der Waals surface area contributed by atoms with Gasteiger partial charge in [0, 0.05) is 0 Å². The van der Waals surface area contributed by atoms with Crippen LogP contribution in [-0.4, -0.2) is 17.8 Å². The van der Waals surface area contributed by atoms with E-state index in [-0.39, 0.29) is 39.0 Å². The predicted octanol–water partition coefficient (Wildman–Crippen LogP) is 5.15. The van der Waals surface area contributed by atoms with Crippen LogP contribution < -0.4 is 4.90 Å². The maximum atomic E-state index is 12.8. The Morgan fingerprint density at radius 1 is 0.828 bits per heavy atom. The summed E-state index contributed by atoms with van der Waals surface area (Å²) in [6.07, 6.45) is 0. The Balaban J connectivity index is 1.58. The molecule has 0 atom stereocenters. The van der Waals surface area contributed by atoms with Gasteiger partial charge in [0.25, 0.3) is 11.8 Å². The van der Waals surface area contributed by atoms with Crippen LogP contribution in [0.1, 0.15) is 36.6 Å². The second-order valence-corrected chi connectivity index (χ2v) is 7.18. The van der Waals surface area contributed by atoms with Gasteiger partial charge in [0.1, 0.15) is 6.61 Å². The summed E-state index contributed by atoms with van der Waals surface area (Å²) in [5.74, 6) is -1.62. The van der Waals surface area contributed by atoms with E-state index in [0.29, 0.717) is 0 Å². The fraction of sp³-hybridized carbons (Fsp3) is 0.0455. The van der Waals surface area contributed by atoms with E-state index >= 15 is 0 Å². The lowest BCUT2D eigenvalue weighted by Crippen LogP contribution is -2.29. The van der Waals surface area contributed by atoms with Crippen molar-refractivity contribution >= 4 is 46.7 Å². The SMILES string of the molecule is O=C(OCc1ccccc1)c1cccc(N2C(=O)c3cc(Cl)c(Cl)cc3C2=O)c1. The van der Waals surface area contributed by atoms with Gasteiger partial charge in [-0.05, 0) is 35.9 Å². The number of nitrogens with zero attached hydrogens (tertiary/aromatic N) is 1. The summed E-state index contributed by atoms with van der Waals surface area (Å²) in [4.78, 5) is 38.9. The molecule has 1 aliphatic rings. The van der Waals surface area contributed by atoms with Crippen LogP contribution >= 0.6 is 23.2 Å². The van der Waals surface area contributed by atoms with Gasteiger partial charge in [-0.15, -0.1) is 0 Å². The number of halogens is 2. The highest BCUT2D eigenvalue weighted by molar-refractivity contribution is 6.44. The lowest BCUT2D eigenvalue weighted by molar-refractivity contribution is 0.0472. The highest BCUT2D eigenvalue weighted by Gasteiger charge is 2.37. The molecule has 3 aromatic carbocycles. The lowest BCUT2D eigenvalue weighted by atomic mass is 10.1. The molecule has 0 spiro atoms. The zero-order valence-electron chi connectivity index (χ0n) is 14.9. The lowest BCUT2D eigenvalue weighted by Gasteiger charge is -2.15. The van der Waals surface area contributed by atoms with Crippen molar-refractivity contribution in [3.05, 3.63) is 99.0 Å². The molecule has 3 aromatic rings. The van der Waals surface area contributed by atoms with E-state index in [0.717, 1.165) is 10.5 Å². The first-order valence-electron chi connectivity index (χ1n) is 8.64. The van der Waals surface area contributed by atoms with Crippen molar-refractivity contribution in [3.8, 4) is 0 Å². The molecule has 0 saturated carbocycles. The second-order valence-electron chi connectivity index (χ2n) is 6.37. The number of esters is 1. The molecule has 1 aliphatic heterocycles. The third-order valence-electron chi connectivity index (χ3n) is 4.48. The van der Waals surface area contributed by atoms with Crippen LogP contribution in [0.2, 0.25) is 10.0 Å². The van der Waals surface area contributed by atoms with Crippen LogP contribution in [0, 0.1) is 0 Å². The van der Waals surface area contributed by atoms with Gasteiger partial charge in [-0.3, -0.25) is 9.59 Å². The van der Waals surface area contributed by atoms with Gasteiger partial charge in [-0.2, -0.15) is 0 Å². The number of carbonyl (C=O) groups excluding carboxylic acids is 3. The number of ether oxygens (including phenoxy) is 1. The first-order valence-corrected chi connectivity index (χ1v) is 9.40. The number of imide groups is 1. The van der Waals surface area contributed by atoms with Crippen LogP contribution in [0.3, 0.4) is 0 Å². The minimum atomic E-state index is -0.557. The first-order chi connectivity index (χ1) is 14.0. The summed E-state index contributed by atoms with van der Waals surface area (Å²) in [5, 5.41) is 0.373. The topological polar surface area (TPSA) is 63.7 Å². The van der Waals surface area contributed by atoms with Crippen molar-refractivity contribution in [1.82, 2.24) is 0 Å². The predicted molar refractivity (Wildman–Crippen MR) is 110 cm³/mol. The van der Waals surface area contributed by atoms with Crippen molar-refractivity contribution in [1.29, 1.82) is 0 Å². The Morgan fingerprint density at radius 2 is 1.45 bits per heavy atom. The Kier molecular flexibility index (Phi) is 5.09. The normalized spacial score (nSPS) is 12.8. The van der Waals surface area contributed by atoms with E-state index in [1.54, 1.807) is 18.2 Å². The molecule has 0 radical (unpaired) electrons. The number of anilines is 1. The average Bonchev–Trinajstić information content (AvgIpc) is 2.97. The van der Waals surface area contributed by atoms with Gasteiger partial charge in [0.15, 0.2) is 0 Å². The van der Waals surface area contributed by atoms with Crippen molar-refractivity contribution in [2.75, 3.05) is 4.90 Å². The number of rotatable bonds is 4. The maximum Gasteiger partial charge on any atom is 0.338 e. The maximum absolute atomic E-state index is 12.8. The number of benzene rings is 3. The van der Waals surface area contributed by atoms with Gasteiger partial charge in [-0.25, -0.2) is 9.69 Å². The average molecular weight is 426 g/mol. The molecule has 0 aromatic heterocycles. The molecule has 144 valence electrons. The molecule has 7 heteroatoms. The molecule has 0 unspecified atom stereocenters. The molecule has 5 nitrogen and oxygen atoms in total. The Hall–Kier alpha value is -3.15. The third kappa shape index (κ3) is 3.62. The molecule has 29 heavy (non-hydrogen) atoms. The molecule has 0 aliphatic carbocycles. The van der Waals surface area contributed by atoms with Gasteiger partial charge in [0.05, 0.1) is 32.4 Å². The summed E-state index contributed by atoms with van der Waals surface area (Å²) >= 11 is 12.0. The monoisotopic (exact) mass is 425 g/mol. The Morgan fingerprint density at radius 3 is 2.07 bits per heavy atom. The smallest absolute Gasteiger partial charge is 0.338 e. The standard InChI is InChI=1S/C22H13Cl2NO4/c23-18-10-16-17(11-19(18)24)21(27)25(20(16)26)15-8-4-7-14(9-15)22(28)29-12-13-5-2-1-3-6-13/h1-11H,12H2. The van der Waals surface area contributed by atoms with Crippen LogP contribution in [0.4, 0.5) is 5.69 Å². The van der Waals surface area contributed by atoms with Crippen molar-refractivity contribution in [2.45, 2.75) is 6.61 Å². The minimum absolute atomic E-state index is 0.119. The highest BCUT2D eigenvalue weighted by Crippen LogP contribution is 2.34. The van der Waals surface area contributed by atoms with E-state index in [4.69, 9.17) is 27.9 Å². The molecule has 0 N–H and O–H groups in total. The molecule has 4 rings (SSSR count). The number of hydrogen-bond acceptors (Lipinski definition) is 4.